The van der Waals surface area contributed by atoms with E-state index in [2.05, 4.69) is 15.6 Å². The maximum absolute atomic E-state index is 12.8. The van der Waals surface area contributed by atoms with Gasteiger partial charge in [-0.3, -0.25) is 9.78 Å². The quantitative estimate of drug-likeness (QED) is 0.640. The lowest BCUT2D eigenvalue weighted by Gasteiger charge is -2.11. The van der Waals surface area contributed by atoms with Crippen LogP contribution >= 0.6 is 0 Å². The van der Waals surface area contributed by atoms with Gasteiger partial charge in [-0.15, -0.1) is 0 Å². The number of nitrogens with one attached hydrogen (secondary N) is 2. The van der Waals surface area contributed by atoms with Crippen LogP contribution in [0.4, 0.5) is 24.5 Å². The lowest BCUT2D eigenvalue weighted by molar-refractivity contribution is -0.137. The van der Waals surface area contributed by atoms with Crippen molar-refractivity contribution >= 4 is 17.3 Å². The minimum Gasteiger partial charge on any atom is -0.354 e. The third kappa shape index (κ3) is 5.33. The monoisotopic (exact) mass is 385 g/mol. The molecule has 0 unspecified atom stereocenters. The van der Waals surface area contributed by atoms with Crippen LogP contribution in [0.3, 0.4) is 0 Å². The van der Waals surface area contributed by atoms with E-state index in [0.717, 1.165) is 17.7 Å². The predicted molar refractivity (Wildman–Crippen MR) is 101 cm³/mol. The van der Waals surface area contributed by atoms with Gasteiger partial charge in [0.15, 0.2) is 0 Å². The molecule has 4 nitrogen and oxygen atoms in total. The van der Waals surface area contributed by atoms with Crippen molar-refractivity contribution in [3.8, 4) is 0 Å². The molecular weight excluding hydrogens is 367 g/mol. The number of carbonyl (C=O) groups is 1. The zero-order valence-electron chi connectivity index (χ0n) is 14.8. The molecule has 0 atom stereocenters. The average Bonchev–Trinajstić information content (AvgIpc) is 2.68. The molecule has 0 saturated heterocycles. The second-order valence-electron chi connectivity index (χ2n) is 6.16. The van der Waals surface area contributed by atoms with E-state index in [0.29, 0.717) is 24.2 Å². The number of anilines is 2. The summed E-state index contributed by atoms with van der Waals surface area (Å²) >= 11 is 0. The van der Waals surface area contributed by atoms with Gasteiger partial charge in [0.1, 0.15) is 0 Å². The van der Waals surface area contributed by atoms with Crippen LogP contribution in [0.5, 0.6) is 0 Å². The summed E-state index contributed by atoms with van der Waals surface area (Å²) in [5, 5.41) is 5.66. The van der Waals surface area contributed by atoms with Crippen LogP contribution in [0, 0.1) is 0 Å². The first kappa shape index (κ1) is 19.4. The van der Waals surface area contributed by atoms with Crippen LogP contribution in [-0.2, 0) is 12.6 Å². The summed E-state index contributed by atoms with van der Waals surface area (Å²) in [5.74, 6) is -0.295. The average molecular weight is 385 g/mol. The van der Waals surface area contributed by atoms with Gasteiger partial charge in [-0.05, 0) is 36.2 Å². The van der Waals surface area contributed by atoms with Gasteiger partial charge in [0.05, 0.1) is 23.0 Å². The van der Waals surface area contributed by atoms with Gasteiger partial charge >= 0.3 is 6.18 Å². The maximum atomic E-state index is 12.8. The van der Waals surface area contributed by atoms with Gasteiger partial charge in [-0.25, -0.2) is 0 Å². The second kappa shape index (κ2) is 8.56. The first-order valence-electron chi connectivity index (χ1n) is 8.63. The van der Waals surface area contributed by atoms with Gasteiger partial charge in [0.25, 0.3) is 5.91 Å². The Balaban J connectivity index is 1.63. The van der Waals surface area contributed by atoms with Gasteiger partial charge < -0.3 is 10.6 Å². The molecule has 1 heterocycles. The molecule has 3 rings (SSSR count). The summed E-state index contributed by atoms with van der Waals surface area (Å²) in [6, 6.07) is 16.1. The Morgan fingerprint density at radius 3 is 2.46 bits per heavy atom. The van der Waals surface area contributed by atoms with E-state index >= 15 is 0 Å². The molecule has 0 saturated carbocycles. The molecule has 0 radical (unpaired) electrons. The van der Waals surface area contributed by atoms with Crippen LogP contribution < -0.4 is 10.6 Å². The summed E-state index contributed by atoms with van der Waals surface area (Å²) < 4.78 is 38.5. The number of halogens is 3. The van der Waals surface area contributed by atoms with E-state index in [1.807, 2.05) is 30.3 Å². The third-order valence-electron chi connectivity index (χ3n) is 4.02. The molecule has 0 bridgehead atoms. The molecule has 28 heavy (non-hydrogen) atoms. The minimum atomic E-state index is -4.42. The molecule has 3 aromatic rings. The number of nitrogens with zero attached hydrogens (tertiary/aromatic N) is 1. The SMILES string of the molecule is O=C(NCCc1ccccc1)c1cncc(Nc2cccc(C(F)(F)F)c2)c1. The van der Waals surface area contributed by atoms with Crippen molar-refractivity contribution in [3.05, 3.63) is 89.7 Å². The van der Waals surface area contributed by atoms with Gasteiger partial charge in [-0.2, -0.15) is 13.2 Å². The molecule has 0 aliphatic rings. The Bertz CT molecular complexity index is 943. The molecule has 0 aliphatic carbocycles. The summed E-state index contributed by atoms with van der Waals surface area (Å²) in [6.45, 7) is 0.466. The molecule has 0 spiro atoms. The molecule has 1 amide bonds. The number of aromatic nitrogens is 1. The molecule has 1 aromatic heterocycles. The van der Waals surface area contributed by atoms with E-state index in [-0.39, 0.29) is 11.6 Å². The van der Waals surface area contributed by atoms with Gasteiger partial charge in [0, 0.05) is 18.4 Å². The highest BCUT2D eigenvalue weighted by Gasteiger charge is 2.30. The van der Waals surface area contributed by atoms with Crippen LogP contribution in [0.2, 0.25) is 0 Å². The molecule has 0 aliphatic heterocycles. The van der Waals surface area contributed by atoms with Crippen LogP contribution in [0.1, 0.15) is 21.5 Å². The Kier molecular flexibility index (Phi) is 5.93. The first-order valence-corrected chi connectivity index (χ1v) is 8.63. The molecule has 7 heteroatoms. The van der Waals surface area contributed by atoms with Gasteiger partial charge in [0.2, 0.25) is 0 Å². The third-order valence-corrected chi connectivity index (χ3v) is 4.02. The standard InChI is InChI=1S/C21H18F3N3O/c22-21(23,24)17-7-4-8-18(12-17)27-19-11-16(13-25-14-19)20(28)26-10-9-15-5-2-1-3-6-15/h1-8,11-14,27H,9-10H2,(H,26,28). The Morgan fingerprint density at radius 1 is 0.929 bits per heavy atom. The molecular formula is C21H18F3N3O. The summed E-state index contributed by atoms with van der Waals surface area (Å²) in [5.41, 5.74) is 1.37. The number of rotatable bonds is 6. The fourth-order valence-electron chi connectivity index (χ4n) is 2.64. The van der Waals surface area contributed by atoms with Crippen molar-refractivity contribution in [3.63, 3.8) is 0 Å². The molecule has 144 valence electrons. The first-order chi connectivity index (χ1) is 13.4. The largest absolute Gasteiger partial charge is 0.416 e. The molecule has 2 N–H and O–H groups in total. The fourth-order valence-corrected chi connectivity index (χ4v) is 2.64. The summed E-state index contributed by atoms with van der Waals surface area (Å²) in [7, 11) is 0. The van der Waals surface area contributed by atoms with Crippen molar-refractivity contribution in [1.82, 2.24) is 10.3 Å². The van der Waals surface area contributed by atoms with Crippen molar-refractivity contribution in [2.45, 2.75) is 12.6 Å². The lowest BCUT2D eigenvalue weighted by Crippen LogP contribution is -2.25. The van der Waals surface area contributed by atoms with Crippen molar-refractivity contribution in [2.75, 3.05) is 11.9 Å². The number of pyridine rings is 1. The summed E-state index contributed by atoms with van der Waals surface area (Å²) in [6.07, 6.45) is -0.866. The van der Waals surface area contributed by atoms with Crippen LogP contribution in [-0.4, -0.2) is 17.4 Å². The highest BCUT2D eigenvalue weighted by molar-refractivity contribution is 5.94. The van der Waals surface area contributed by atoms with Crippen molar-refractivity contribution in [2.24, 2.45) is 0 Å². The van der Waals surface area contributed by atoms with E-state index in [1.54, 1.807) is 6.07 Å². The minimum absolute atomic E-state index is 0.262. The fraction of sp³-hybridized carbons (Fsp3) is 0.143. The highest BCUT2D eigenvalue weighted by Crippen LogP contribution is 2.31. The van der Waals surface area contributed by atoms with Crippen LogP contribution in [0.25, 0.3) is 0 Å². The number of hydrogen-bond donors (Lipinski definition) is 2. The normalized spacial score (nSPS) is 11.1. The van der Waals surface area contributed by atoms with Gasteiger partial charge in [-0.1, -0.05) is 36.4 Å². The second-order valence-corrected chi connectivity index (χ2v) is 6.16. The number of benzene rings is 2. The zero-order chi connectivity index (χ0) is 20.0. The number of carbonyl (C=O) groups excluding carboxylic acids is 1. The van der Waals surface area contributed by atoms with E-state index < -0.39 is 11.7 Å². The van der Waals surface area contributed by atoms with E-state index in [1.165, 1.54) is 24.5 Å². The summed E-state index contributed by atoms with van der Waals surface area (Å²) in [4.78, 5) is 16.3. The van der Waals surface area contributed by atoms with E-state index in [9.17, 15) is 18.0 Å². The Hall–Kier alpha value is -3.35. The zero-order valence-corrected chi connectivity index (χ0v) is 14.8. The van der Waals surface area contributed by atoms with E-state index in [4.69, 9.17) is 0 Å². The maximum Gasteiger partial charge on any atom is 0.416 e. The topological polar surface area (TPSA) is 54.0 Å². The number of alkyl halides is 3. The smallest absolute Gasteiger partial charge is 0.354 e. The number of hydrogen-bond acceptors (Lipinski definition) is 3. The van der Waals surface area contributed by atoms with Crippen molar-refractivity contribution < 1.29 is 18.0 Å². The predicted octanol–water partition coefficient (Wildman–Crippen LogP) is 4.82. The number of amides is 1. The molecule has 0 fully saturated rings. The molecule has 2 aromatic carbocycles. The lowest BCUT2D eigenvalue weighted by atomic mass is 10.1. The Morgan fingerprint density at radius 2 is 1.71 bits per heavy atom. The van der Waals surface area contributed by atoms with Crippen LogP contribution in [0.15, 0.2) is 73.1 Å². The highest BCUT2D eigenvalue weighted by atomic mass is 19.4. The van der Waals surface area contributed by atoms with Crippen molar-refractivity contribution in [1.29, 1.82) is 0 Å². The Labute approximate surface area is 160 Å².